The molecule has 0 unspecified atom stereocenters. The number of benzene rings is 2. The monoisotopic (exact) mass is 497 g/mol. The van der Waals surface area contributed by atoms with Gasteiger partial charge in [-0.3, -0.25) is 0 Å². The molecular formula is C25H28ClN5O2S. The second kappa shape index (κ2) is 10.00. The van der Waals surface area contributed by atoms with Crippen molar-refractivity contribution in [2.75, 3.05) is 23.0 Å². The first kappa shape index (κ1) is 25.5. The molecule has 34 heavy (non-hydrogen) atoms. The van der Waals surface area contributed by atoms with Crippen LogP contribution in [-0.2, 0) is 22.8 Å². The molecule has 1 N–H and O–H groups in total. The van der Waals surface area contributed by atoms with Crippen molar-refractivity contribution in [2.24, 2.45) is 0 Å². The molecule has 0 fully saturated rings. The molecule has 0 spiro atoms. The van der Waals surface area contributed by atoms with Crippen LogP contribution in [0.3, 0.4) is 0 Å². The number of halogens is 1. The SMILES string of the molecule is C.Cc1ccc(N2CCc3ncnc(N[C@H](C)c4ccc(Cl)c(S(C)(=O)=O)c4)c3C2)c(C#N)c1. The highest BCUT2D eigenvalue weighted by Crippen LogP contribution is 2.32. The van der Waals surface area contributed by atoms with Crippen LogP contribution >= 0.6 is 11.6 Å². The van der Waals surface area contributed by atoms with E-state index in [-0.39, 0.29) is 23.4 Å². The third kappa shape index (κ3) is 5.16. The van der Waals surface area contributed by atoms with Crippen LogP contribution in [-0.4, -0.2) is 31.2 Å². The Bertz CT molecular complexity index is 1370. The lowest BCUT2D eigenvalue weighted by atomic mass is 10.0. The highest BCUT2D eigenvalue weighted by atomic mass is 35.5. The molecule has 0 aliphatic carbocycles. The van der Waals surface area contributed by atoms with Gasteiger partial charge in [0, 0.05) is 37.4 Å². The number of nitriles is 1. The largest absolute Gasteiger partial charge is 0.366 e. The first-order valence-corrected chi connectivity index (χ1v) is 12.8. The van der Waals surface area contributed by atoms with Crippen molar-refractivity contribution in [3.63, 3.8) is 0 Å². The molecule has 0 saturated carbocycles. The molecule has 7 nitrogen and oxygen atoms in total. The van der Waals surface area contributed by atoms with Crippen molar-refractivity contribution in [1.82, 2.24) is 9.97 Å². The molecule has 4 rings (SSSR count). The topological polar surface area (TPSA) is 99.0 Å². The van der Waals surface area contributed by atoms with Gasteiger partial charge in [-0.05, 0) is 49.2 Å². The third-order valence-electron chi connectivity index (χ3n) is 5.82. The van der Waals surface area contributed by atoms with Gasteiger partial charge in [0.05, 0.1) is 26.9 Å². The minimum atomic E-state index is -3.44. The lowest BCUT2D eigenvalue weighted by Gasteiger charge is -2.32. The van der Waals surface area contributed by atoms with Crippen LogP contribution in [0, 0.1) is 18.3 Å². The summed E-state index contributed by atoms with van der Waals surface area (Å²) in [6, 6.07) is 13.0. The second-order valence-corrected chi connectivity index (χ2v) is 10.7. The Kier molecular flexibility index (Phi) is 7.49. The Morgan fingerprint density at radius 1 is 1.21 bits per heavy atom. The minimum absolute atomic E-state index is 0. The zero-order valence-corrected chi connectivity index (χ0v) is 20.2. The summed E-state index contributed by atoms with van der Waals surface area (Å²) in [5, 5.41) is 13.2. The van der Waals surface area contributed by atoms with Crippen LogP contribution in [0.2, 0.25) is 5.02 Å². The minimum Gasteiger partial charge on any atom is -0.366 e. The Morgan fingerprint density at radius 2 is 1.97 bits per heavy atom. The predicted molar refractivity (Wildman–Crippen MR) is 136 cm³/mol. The summed E-state index contributed by atoms with van der Waals surface area (Å²) < 4.78 is 24.1. The van der Waals surface area contributed by atoms with Gasteiger partial charge in [0.2, 0.25) is 0 Å². The summed E-state index contributed by atoms with van der Waals surface area (Å²) in [6.07, 6.45) is 3.42. The van der Waals surface area contributed by atoms with Gasteiger partial charge in [-0.1, -0.05) is 31.2 Å². The molecular weight excluding hydrogens is 470 g/mol. The summed E-state index contributed by atoms with van der Waals surface area (Å²) in [4.78, 5) is 11.2. The van der Waals surface area contributed by atoms with Crippen LogP contribution in [0.5, 0.6) is 0 Å². The number of aryl methyl sites for hydroxylation is 1. The van der Waals surface area contributed by atoms with Crippen LogP contribution in [0.4, 0.5) is 11.5 Å². The standard InChI is InChI=1S/C24H24ClN5O2S.CH4/c1-15-4-7-22(18(10-15)12-26)30-9-8-21-19(13-30)24(28-14-27-21)29-16(2)17-5-6-20(25)23(11-17)33(3,31)32;/h4-7,10-11,14,16H,8-9,13H2,1-3H3,(H,27,28,29);1H4/t16-;/m1./s1. The number of hydrogen-bond donors (Lipinski definition) is 1. The van der Waals surface area contributed by atoms with Crippen LogP contribution < -0.4 is 10.2 Å². The van der Waals surface area contributed by atoms with E-state index in [4.69, 9.17) is 11.6 Å². The summed E-state index contributed by atoms with van der Waals surface area (Å²) in [5.74, 6) is 0.693. The van der Waals surface area contributed by atoms with E-state index in [1.54, 1.807) is 24.5 Å². The fourth-order valence-electron chi connectivity index (χ4n) is 4.05. The molecule has 1 atom stereocenters. The van der Waals surface area contributed by atoms with Gasteiger partial charge >= 0.3 is 0 Å². The average molecular weight is 498 g/mol. The summed E-state index contributed by atoms with van der Waals surface area (Å²) in [7, 11) is -3.44. The highest BCUT2D eigenvalue weighted by molar-refractivity contribution is 7.90. The molecule has 1 aliphatic heterocycles. The lowest BCUT2D eigenvalue weighted by molar-refractivity contribution is 0.601. The molecule has 0 saturated heterocycles. The summed E-state index contributed by atoms with van der Waals surface area (Å²) >= 11 is 6.10. The second-order valence-electron chi connectivity index (χ2n) is 8.28. The fraction of sp³-hybridized carbons (Fsp3) is 0.320. The molecule has 0 bridgehead atoms. The van der Waals surface area contributed by atoms with E-state index in [9.17, 15) is 13.7 Å². The van der Waals surface area contributed by atoms with E-state index in [1.807, 2.05) is 32.0 Å². The number of aromatic nitrogens is 2. The smallest absolute Gasteiger partial charge is 0.177 e. The maximum atomic E-state index is 12.1. The molecule has 9 heteroatoms. The van der Waals surface area contributed by atoms with Gasteiger partial charge in [-0.2, -0.15) is 5.26 Å². The highest BCUT2D eigenvalue weighted by Gasteiger charge is 2.24. The van der Waals surface area contributed by atoms with Gasteiger partial charge in [-0.25, -0.2) is 18.4 Å². The summed E-state index contributed by atoms with van der Waals surface area (Å²) in [6.45, 7) is 5.24. The summed E-state index contributed by atoms with van der Waals surface area (Å²) in [5.41, 5.74) is 5.31. The first-order chi connectivity index (χ1) is 15.7. The Labute approximate surface area is 206 Å². The predicted octanol–water partition coefficient (Wildman–Crippen LogP) is 5.09. The van der Waals surface area contributed by atoms with E-state index in [0.717, 1.165) is 47.3 Å². The normalized spacial score (nSPS) is 13.9. The molecule has 178 valence electrons. The van der Waals surface area contributed by atoms with Crippen molar-refractivity contribution in [1.29, 1.82) is 5.26 Å². The molecule has 1 aliphatic rings. The van der Waals surface area contributed by atoms with Gasteiger partial charge in [0.15, 0.2) is 9.84 Å². The average Bonchev–Trinajstić information content (AvgIpc) is 2.78. The van der Waals surface area contributed by atoms with Gasteiger partial charge in [0.25, 0.3) is 0 Å². The Balaban J connectivity index is 0.00000324. The number of nitrogens with zero attached hydrogens (tertiary/aromatic N) is 4. The van der Waals surface area contributed by atoms with Crippen molar-refractivity contribution < 1.29 is 8.42 Å². The maximum absolute atomic E-state index is 12.1. The maximum Gasteiger partial charge on any atom is 0.177 e. The van der Waals surface area contributed by atoms with E-state index in [1.165, 1.54) is 0 Å². The zero-order valence-electron chi connectivity index (χ0n) is 18.6. The van der Waals surface area contributed by atoms with E-state index in [2.05, 4.69) is 26.3 Å². The van der Waals surface area contributed by atoms with Crippen molar-refractivity contribution in [2.45, 2.75) is 45.2 Å². The molecule has 3 aromatic rings. The van der Waals surface area contributed by atoms with Crippen LogP contribution in [0.1, 0.15) is 48.3 Å². The number of fused-ring (bicyclic) bond motifs is 1. The quantitative estimate of drug-likeness (QED) is 0.524. The molecule has 2 heterocycles. The third-order valence-corrected chi connectivity index (χ3v) is 7.40. The van der Waals surface area contributed by atoms with E-state index < -0.39 is 9.84 Å². The number of rotatable bonds is 5. The van der Waals surface area contributed by atoms with Crippen LogP contribution in [0.25, 0.3) is 0 Å². The van der Waals surface area contributed by atoms with E-state index >= 15 is 0 Å². The van der Waals surface area contributed by atoms with Gasteiger partial charge < -0.3 is 10.2 Å². The Morgan fingerprint density at radius 3 is 2.68 bits per heavy atom. The number of nitrogens with one attached hydrogen (secondary N) is 1. The Hall–Kier alpha value is -3.15. The van der Waals surface area contributed by atoms with Crippen molar-refractivity contribution in [3.05, 3.63) is 75.7 Å². The molecule has 0 radical (unpaired) electrons. The fourth-order valence-corrected chi connectivity index (χ4v) is 5.36. The van der Waals surface area contributed by atoms with Gasteiger partial charge in [-0.15, -0.1) is 0 Å². The van der Waals surface area contributed by atoms with E-state index in [0.29, 0.717) is 17.9 Å². The first-order valence-electron chi connectivity index (χ1n) is 10.5. The number of anilines is 2. The zero-order chi connectivity index (χ0) is 23.8. The lowest BCUT2D eigenvalue weighted by Crippen LogP contribution is -2.32. The van der Waals surface area contributed by atoms with Crippen molar-refractivity contribution in [3.8, 4) is 6.07 Å². The number of sulfone groups is 1. The molecule has 0 amide bonds. The van der Waals surface area contributed by atoms with Crippen molar-refractivity contribution >= 4 is 32.9 Å². The number of hydrogen-bond acceptors (Lipinski definition) is 7. The van der Waals surface area contributed by atoms with Crippen LogP contribution in [0.15, 0.2) is 47.6 Å². The molecule has 2 aromatic carbocycles. The molecule has 1 aromatic heterocycles. The van der Waals surface area contributed by atoms with Gasteiger partial charge in [0.1, 0.15) is 18.2 Å².